The Kier molecular flexibility index (Phi) is 8.26. The van der Waals surface area contributed by atoms with Crippen molar-refractivity contribution in [3.8, 4) is 0 Å². The number of rotatable bonds is 3. The standard InChI is InChI=1S/C10H10S.C2H6/c1-2-3-4-5-7-10-8-6-9-11-10;1-2/h2-9H,1H2;1-2H3/b4-3-,7-5+;. The highest BCUT2D eigenvalue weighted by molar-refractivity contribution is 7.10. The maximum atomic E-state index is 3.58. The zero-order valence-corrected chi connectivity index (χ0v) is 9.05. The molecule has 0 fully saturated rings. The summed E-state index contributed by atoms with van der Waals surface area (Å²) in [7, 11) is 0. The molecule has 13 heavy (non-hydrogen) atoms. The highest BCUT2D eigenvalue weighted by Gasteiger charge is 1.81. The van der Waals surface area contributed by atoms with Crippen molar-refractivity contribution in [3.05, 3.63) is 53.3 Å². The second kappa shape index (κ2) is 9.01. The molecule has 0 spiro atoms. The Bertz CT molecular complexity index is 253. The lowest BCUT2D eigenvalue weighted by molar-refractivity contribution is 1.50. The lowest BCUT2D eigenvalue weighted by Gasteiger charge is -1.77. The molecular weight excluding hydrogens is 176 g/mol. The van der Waals surface area contributed by atoms with Crippen molar-refractivity contribution in [1.82, 2.24) is 0 Å². The minimum absolute atomic E-state index is 1.28. The zero-order valence-electron chi connectivity index (χ0n) is 8.23. The minimum Gasteiger partial charge on any atom is -0.144 e. The van der Waals surface area contributed by atoms with Crippen LogP contribution >= 0.6 is 11.3 Å². The summed E-state index contributed by atoms with van der Waals surface area (Å²) in [5.74, 6) is 0. The van der Waals surface area contributed by atoms with Crippen LogP contribution in [0.25, 0.3) is 6.08 Å². The average Bonchev–Trinajstić information content (AvgIpc) is 2.68. The summed E-state index contributed by atoms with van der Waals surface area (Å²) in [6, 6.07) is 4.13. The zero-order chi connectivity index (χ0) is 9.94. The molecule has 0 saturated heterocycles. The van der Waals surface area contributed by atoms with Gasteiger partial charge in [-0.15, -0.1) is 11.3 Å². The molecule has 0 radical (unpaired) electrons. The predicted octanol–water partition coefficient (Wildman–Crippen LogP) is 4.53. The Morgan fingerprint density at radius 1 is 1.23 bits per heavy atom. The summed E-state index contributed by atoms with van der Waals surface area (Å²) in [6.07, 6.45) is 9.72. The van der Waals surface area contributed by atoms with E-state index in [0.717, 1.165) is 0 Å². The van der Waals surface area contributed by atoms with E-state index < -0.39 is 0 Å². The molecule has 0 aliphatic carbocycles. The first-order chi connectivity index (χ1) is 6.43. The normalized spacial score (nSPS) is 10.0. The molecule has 1 aromatic heterocycles. The van der Waals surface area contributed by atoms with Crippen LogP contribution < -0.4 is 0 Å². The molecule has 0 saturated carbocycles. The number of hydrogen-bond acceptors (Lipinski definition) is 1. The first-order valence-corrected chi connectivity index (χ1v) is 5.31. The fraction of sp³-hybridized carbons (Fsp3) is 0.167. The molecule has 70 valence electrons. The summed E-state index contributed by atoms with van der Waals surface area (Å²) >= 11 is 1.73. The molecule has 1 rings (SSSR count). The van der Waals surface area contributed by atoms with Crippen LogP contribution in [0.5, 0.6) is 0 Å². The predicted molar refractivity (Wildman–Crippen MR) is 64.0 cm³/mol. The van der Waals surface area contributed by atoms with E-state index in [1.807, 2.05) is 38.1 Å². The maximum absolute atomic E-state index is 3.58. The first kappa shape index (κ1) is 11.9. The molecule has 0 aromatic carbocycles. The van der Waals surface area contributed by atoms with Crippen molar-refractivity contribution < 1.29 is 0 Å². The van der Waals surface area contributed by atoms with Crippen LogP contribution in [0.4, 0.5) is 0 Å². The molecule has 0 nitrogen and oxygen atoms in total. The van der Waals surface area contributed by atoms with Crippen LogP contribution in [0.3, 0.4) is 0 Å². The summed E-state index contributed by atoms with van der Waals surface area (Å²) < 4.78 is 0. The molecule has 0 bridgehead atoms. The molecular formula is C12H16S. The molecule has 1 heteroatoms. The van der Waals surface area contributed by atoms with Gasteiger partial charge in [0.1, 0.15) is 0 Å². The van der Waals surface area contributed by atoms with Gasteiger partial charge in [-0.05, 0) is 17.5 Å². The topological polar surface area (TPSA) is 0 Å². The summed E-state index contributed by atoms with van der Waals surface area (Å²) in [5, 5.41) is 2.07. The van der Waals surface area contributed by atoms with E-state index in [1.54, 1.807) is 17.4 Å². The Balaban J connectivity index is 0.000000671. The quantitative estimate of drug-likeness (QED) is 0.617. The maximum Gasteiger partial charge on any atom is 0.0270 e. The molecule has 1 aromatic rings. The third-order valence-electron chi connectivity index (χ3n) is 1.16. The Labute approximate surface area is 84.9 Å². The van der Waals surface area contributed by atoms with E-state index in [4.69, 9.17) is 0 Å². The van der Waals surface area contributed by atoms with Crippen LogP contribution in [0.2, 0.25) is 0 Å². The van der Waals surface area contributed by atoms with Crippen molar-refractivity contribution in [2.75, 3.05) is 0 Å². The van der Waals surface area contributed by atoms with Crippen LogP contribution in [0.15, 0.2) is 48.4 Å². The second-order valence-electron chi connectivity index (χ2n) is 2.00. The fourth-order valence-electron chi connectivity index (χ4n) is 0.679. The smallest absolute Gasteiger partial charge is 0.0270 e. The van der Waals surface area contributed by atoms with Crippen molar-refractivity contribution in [1.29, 1.82) is 0 Å². The number of allylic oxidation sites excluding steroid dienone is 4. The largest absolute Gasteiger partial charge is 0.144 e. The van der Waals surface area contributed by atoms with E-state index in [9.17, 15) is 0 Å². The van der Waals surface area contributed by atoms with Gasteiger partial charge in [-0.1, -0.05) is 50.8 Å². The number of thiophene rings is 1. The molecule has 0 aliphatic heterocycles. The summed E-state index contributed by atoms with van der Waals surface area (Å²) in [6.45, 7) is 7.58. The molecule has 0 N–H and O–H groups in total. The van der Waals surface area contributed by atoms with Crippen LogP contribution in [0.1, 0.15) is 18.7 Å². The van der Waals surface area contributed by atoms with Crippen molar-refractivity contribution in [3.63, 3.8) is 0 Å². The van der Waals surface area contributed by atoms with Crippen LogP contribution in [-0.2, 0) is 0 Å². The Morgan fingerprint density at radius 2 is 2.00 bits per heavy atom. The molecule has 0 unspecified atom stereocenters. The summed E-state index contributed by atoms with van der Waals surface area (Å²) in [5.41, 5.74) is 0. The van der Waals surface area contributed by atoms with Gasteiger partial charge in [-0.25, -0.2) is 0 Å². The fourth-order valence-corrected chi connectivity index (χ4v) is 1.31. The van der Waals surface area contributed by atoms with Gasteiger partial charge < -0.3 is 0 Å². The highest BCUT2D eigenvalue weighted by Crippen LogP contribution is 2.09. The van der Waals surface area contributed by atoms with Gasteiger partial charge in [-0.3, -0.25) is 0 Å². The van der Waals surface area contributed by atoms with Crippen molar-refractivity contribution in [2.24, 2.45) is 0 Å². The Hall–Kier alpha value is -1.08. The average molecular weight is 192 g/mol. The lowest BCUT2D eigenvalue weighted by Crippen LogP contribution is -1.53. The van der Waals surface area contributed by atoms with Gasteiger partial charge in [0.25, 0.3) is 0 Å². The van der Waals surface area contributed by atoms with E-state index in [-0.39, 0.29) is 0 Å². The van der Waals surface area contributed by atoms with Gasteiger partial charge >= 0.3 is 0 Å². The van der Waals surface area contributed by atoms with E-state index in [1.165, 1.54) is 4.88 Å². The third kappa shape index (κ3) is 6.12. The molecule has 1 heterocycles. The van der Waals surface area contributed by atoms with E-state index in [0.29, 0.717) is 0 Å². The van der Waals surface area contributed by atoms with Gasteiger partial charge in [0.05, 0.1) is 0 Å². The highest BCUT2D eigenvalue weighted by atomic mass is 32.1. The summed E-state index contributed by atoms with van der Waals surface area (Å²) in [4.78, 5) is 1.28. The SMILES string of the molecule is C=C/C=C\C=C\c1cccs1.CC. The minimum atomic E-state index is 1.28. The Morgan fingerprint density at radius 3 is 2.54 bits per heavy atom. The lowest BCUT2D eigenvalue weighted by atomic mass is 10.4. The van der Waals surface area contributed by atoms with Crippen LogP contribution in [0, 0.1) is 0 Å². The van der Waals surface area contributed by atoms with Gasteiger partial charge in [-0.2, -0.15) is 0 Å². The third-order valence-corrected chi connectivity index (χ3v) is 2.00. The van der Waals surface area contributed by atoms with Crippen LogP contribution in [-0.4, -0.2) is 0 Å². The van der Waals surface area contributed by atoms with Crippen molar-refractivity contribution in [2.45, 2.75) is 13.8 Å². The second-order valence-corrected chi connectivity index (χ2v) is 2.97. The first-order valence-electron chi connectivity index (χ1n) is 4.43. The van der Waals surface area contributed by atoms with Gasteiger partial charge in [0.15, 0.2) is 0 Å². The number of hydrogen-bond donors (Lipinski definition) is 0. The van der Waals surface area contributed by atoms with E-state index in [2.05, 4.69) is 24.1 Å². The van der Waals surface area contributed by atoms with E-state index >= 15 is 0 Å². The molecule has 0 atom stereocenters. The van der Waals surface area contributed by atoms with Gasteiger partial charge in [0.2, 0.25) is 0 Å². The molecule has 0 aliphatic rings. The monoisotopic (exact) mass is 192 g/mol. The molecule has 0 amide bonds. The van der Waals surface area contributed by atoms with Crippen molar-refractivity contribution >= 4 is 17.4 Å². The van der Waals surface area contributed by atoms with Gasteiger partial charge in [0, 0.05) is 4.88 Å².